The lowest BCUT2D eigenvalue weighted by molar-refractivity contribution is -0.149. The number of hydrogen-bond donors (Lipinski definition) is 3. The Bertz CT molecular complexity index is 1200. The molecule has 252 valence electrons. The number of likely N-dealkylation sites (tertiary alicyclic amines) is 1. The molecule has 2 aliphatic rings. The zero-order valence-electron chi connectivity index (χ0n) is 27.7. The van der Waals surface area contributed by atoms with Gasteiger partial charge in [-0.05, 0) is 64.0 Å². The fraction of sp³-hybridized carbons (Fsp3) is 0.750. The van der Waals surface area contributed by atoms with Crippen LogP contribution in [-0.2, 0) is 23.9 Å². The van der Waals surface area contributed by atoms with Crippen molar-refractivity contribution >= 4 is 41.0 Å². The number of rotatable bonds is 13. The minimum atomic E-state index is -0.802. The topological polar surface area (TPSA) is 158 Å². The number of likely N-dealkylation sites (N-methyl/N-ethyl adjacent to an activating group) is 2. The Morgan fingerprint density at radius 3 is 2.29 bits per heavy atom. The van der Waals surface area contributed by atoms with Crippen LogP contribution in [0.5, 0.6) is 0 Å². The van der Waals surface area contributed by atoms with Crippen molar-refractivity contribution in [1.29, 1.82) is 0 Å². The molecule has 0 spiro atoms. The van der Waals surface area contributed by atoms with Gasteiger partial charge >= 0.3 is 11.9 Å². The molecule has 3 N–H and O–H groups in total. The van der Waals surface area contributed by atoms with E-state index in [-0.39, 0.29) is 65.7 Å². The Morgan fingerprint density at radius 2 is 1.73 bits per heavy atom. The van der Waals surface area contributed by atoms with E-state index in [1.165, 1.54) is 18.3 Å². The average Bonchev–Trinajstić information content (AvgIpc) is 3.48. The van der Waals surface area contributed by atoms with Crippen molar-refractivity contribution in [2.45, 2.75) is 116 Å². The highest BCUT2D eigenvalue weighted by Gasteiger charge is 2.37. The third kappa shape index (κ3) is 9.96. The highest BCUT2D eigenvalue weighted by molar-refractivity contribution is 7.09. The van der Waals surface area contributed by atoms with Crippen molar-refractivity contribution in [3.63, 3.8) is 0 Å². The van der Waals surface area contributed by atoms with Gasteiger partial charge in [0.1, 0.15) is 16.7 Å². The standard InChI is InChI=1S/C32H51N5O7S/c1-18(2)25(37(7)31(41)27(19(3)4)35-29(40)24-10-8-9-15-36(24)6)16-26(44-20(5)38)30-34-23(17-45-30)28(39)33-22-13-11-21(12-14-22)32(42)43/h17-19,21-22,24-27H,8-16H2,1-7H3,(H,33,39)(H,35,40)(H,42,43)/t21-,22-,24?,25-,26-,27+/m1/s1. The molecule has 1 aliphatic carbocycles. The molecule has 13 heteroatoms. The fourth-order valence-corrected chi connectivity index (χ4v) is 7.17. The Morgan fingerprint density at radius 1 is 1.07 bits per heavy atom. The summed E-state index contributed by atoms with van der Waals surface area (Å²) in [6.45, 7) is 9.95. The van der Waals surface area contributed by atoms with Crippen LogP contribution >= 0.6 is 11.3 Å². The van der Waals surface area contributed by atoms with E-state index >= 15 is 0 Å². The molecule has 0 radical (unpaired) electrons. The second-order valence-electron chi connectivity index (χ2n) is 13.2. The van der Waals surface area contributed by atoms with Gasteiger partial charge in [0, 0.05) is 37.9 Å². The second-order valence-corrected chi connectivity index (χ2v) is 14.1. The summed E-state index contributed by atoms with van der Waals surface area (Å²) in [5.41, 5.74) is 0.202. The molecule has 1 saturated carbocycles. The number of carbonyl (C=O) groups is 5. The Labute approximate surface area is 270 Å². The smallest absolute Gasteiger partial charge is 0.306 e. The molecular weight excluding hydrogens is 598 g/mol. The summed E-state index contributed by atoms with van der Waals surface area (Å²) in [7, 11) is 3.65. The van der Waals surface area contributed by atoms with Crippen LogP contribution in [0, 0.1) is 17.8 Å². The molecule has 0 aromatic carbocycles. The SMILES string of the molecule is CC(=O)O[C@H](C[C@H](C(C)C)N(C)C(=O)[C@@H](NC(=O)C1CCCCN1C)C(C)C)c1nc(C(=O)N[C@H]2CC[C@H](C(=O)O)CC2)cs1. The summed E-state index contributed by atoms with van der Waals surface area (Å²) in [5, 5.41) is 17.3. The Hall–Kier alpha value is -3.06. The van der Waals surface area contributed by atoms with E-state index in [0.29, 0.717) is 30.7 Å². The first-order valence-electron chi connectivity index (χ1n) is 16.1. The average molecular weight is 650 g/mol. The van der Waals surface area contributed by atoms with Gasteiger partial charge in [0.2, 0.25) is 11.8 Å². The molecule has 1 aliphatic heterocycles. The second kappa shape index (κ2) is 16.5. The molecule has 45 heavy (non-hydrogen) atoms. The van der Waals surface area contributed by atoms with Gasteiger partial charge in [-0.3, -0.25) is 28.9 Å². The van der Waals surface area contributed by atoms with Crippen molar-refractivity contribution in [2.75, 3.05) is 20.6 Å². The third-order valence-electron chi connectivity index (χ3n) is 9.12. The Kier molecular flexibility index (Phi) is 13.3. The number of ether oxygens (including phenoxy) is 1. The number of aromatic nitrogens is 1. The Balaban J connectivity index is 1.72. The summed E-state index contributed by atoms with van der Waals surface area (Å²) in [4.78, 5) is 71.7. The molecule has 2 heterocycles. The van der Waals surface area contributed by atoms with E-state index in [1.54, 1.807) is 17.3 Å². The molecule has 3 rings (SSSR count). The van der Waals surface area contributed by atoms with Crippen LogP contribution in [0.25, 0.3) is 0 Å². The lowest BCUT2D eigenvalue weighted by atomic mass is 9.86. The first-order chi connectivity index (χ1) is 21.2. The van der Waals surface area contributed by atoms with Crippen molar-refractivity contribution in [3.05, 3.63) is 16.1 Å². The van der Waals surface area contributed by atoms with Gasteiger partial charge in [-0.1, -0.05) is 34.1 Å². The molecule has 2 fully saturated rings. The van der Waals surface area contributed by atoms with E-state index in [2.05, 4.69) is 15.6 Å². The minimum Gasteiger partial charge on any atom is -0.481 e. The summed E-state index contributed by atoms with van der Waals surface area (Å²) in [6.07, 6.45) is 4.46. The molecule has 4 atom stereocenters. The molecule has 1 saturated heterocycles. The normalized spacial score (nSPS) is 22.7. The van der Waals surface area contributed by atoms with Gasteiger partial charge in [0.15, 0.2) is 6.10 Å². The summed E-state index contributed by atoms with van der Waals surface area (Å²) in [6, 6.07) is -1.46. The predicted octanol–water partition coefficient (Wildman–Crippen LogP) is 3.62. The molecule has 0 bridgehead atoms. The number of carbonyl (C=O) groups excluding carboxylic acids is 4. The number of hydrogen-bond acceptors (Lipinski definition) is 9. The number of carboxylic acid groups (broad SMARTS) is 1. The summed E-state index contributed by atoms with van der Waals surface area (Å²) < 4.78 is 5.70. The number of nitrogens with zero attached hydrogens (tertiary/aromatic N) is 3. The highest BCUT2D eigenvalue weighted by atomic mass is 32.1. The fourth-order valence-electron chi connectivity index (χ4n) is 6.33. The van der Waals surface area contributed by atoms with Gasteiger partial charge in [-0.15, -0.1) is 11.3 Å². The molecule has 1 aromatic rings. The minimum absolute atomic E-state index is 0.0198. The maximum absolute atomic E-state index is 13.9. The number of piperidine rings is 1. The van der Waals surface area contributed by atoms with Crippen molar-refractivity contribution in [2.24, 2.45) is 17.8 Å². The number of carboxylic acids is 1. The first-order valence-corrected chi connectivity index (χ1v) is 17.0. The molecule has 1 aromatic heterocycles. The van der Waals surface area contributed by atoms with E-state index in [4.69, 9.17) is 4.74 Å². The molecule has 3 amide bonds. The monoisotopic (exact) mass is 649 g/mol. The number of esters is 1. The first kappa shape index (κ1) is 36.4. The maximum Gasteiger partial charge on any atom is 0.306 e. The molecular formula is C32H51N5O7S. The summed E-state index contributed by atoms with van der Waals surface area (Å²) in [5.74, 6) is -2.56. The van der Waals surface area contributed by atoms with Crippen molar-refractivity contribution in [3.8, 4) is 0 Å². The lowest BCUT2D eigenvalue weighted by Crippen LogP contribution is -2.57. The number of nitrogens with one attached hydrogen (secondary N) is 2. The lowest BCUT2D eigenvalue weighted by Gasteiger charge is -2.37. The van der Waals surface area contributed by atoms with Crippen LogP contribution in [0.4, 0.5) is 0 Å². The van der Waals surface area contributed by atoms with Gasteiger partial charge in [0.05, 0.1) is 12.0 Å². The third-order valence-corrected chi connectivity index (χ3v) is 10.1. The van der Waals surface area contributed by atoms with E-state index in [9.17, 15) is 29.1 Å². The van der Waals surface area contributed by atoms with E-state index in [1.807, 2.05) is 39.6 Å². The van der Waals surface area contributed by atoms with Crippen LogP contribution in [0.1, 0.15) is 108 Å². The van der Waals surface area contributed by atoms with Crippen LogP contribution in [0.2, 0.25) is 0 Å². The van der Waals surface area contributed by atoms with Crippen LogP contribution < -0.4 is 10.6 Å². The van der Waals surface area contributed by atoms with Gasteiger partial charge in [-0.25, -0.2) is 4.98 Å². The maximum atomic E-state index is 13.9. The largest absolute Gasteiger partial charge is 0.481 e. The highest BCUT2D eigenvalue weighted by Crippen LogP contribution is 2.31. The van der Waals surface area contributed by atoms with Crippen LogP contribution in [0.15, 0.2) is 5.38 Å². The van der Waals surface area contributed by atoms with Crippen molar-refractivity contribution < 1.29 is 33.8 Å². The van der Waals surface area contributed by atoms with Crippen molar-refractivity contribution in [1.82, 2.24) is 25.4 Å². The van der Waals surface area contributed by atoms with Crippen LogP contribution in [0.3, 0.4) is 0 Å². The quantitative estimate of drug-likeness (QED) is 0.272. The van der Waals surface area contributed by atoms with Gasteiger partial charge in [0.25, 0.3) is 5.91 Å². The van der Waals surface area contributed by atoms with Crippen LogP contribution in [-0.4, -0.2) is 94.4 Å². The molecule has 12 nitrogen and oxygen atoms in total. The number of thiazole rings is 1. The van der Waals surface area contributed by atoms with Gasteiger partial charge < -0.3 is 25.4 Å². The predicted molar refractivity (Wildman–Crippen MR) is 171 cm³/mol. The van der Waals surface area contributed by atoms with E-state index in [0.717, 1.165) is 25.8 Å². The number of aliphatic carboxylic acids is 1. The van der Waals surface area contributed by atoms with E-state index < -0.39 is 24.1 Å². The summed E-state index contributed by atoms with van der Waals surface area (Å²) >= 11 is 1.21. The molecule has 1 unspecified atom stereocenters. The zero-order chi connectivity index (χ0) is 33.4. The zero-order valence-corrected chi connectivity index (χ0v) is 28.5. The number of amides is 3. The van der Waals surface area contributed by atoms with Gasteiger partial charge in [-0.2, -0.15) is 0 Å².